The number of rotatable bonds is 6. The van der Waals surface area contributed by atoms with E-state index < -0.39 is 28.5 Å². The summed E-state index contributed by atoms with van der Waals surface area (Å²) in [6, 6.07) is 8.83. The molecule has 2 N–H and O–H groups in total. The monoisotopic (exact) mass is 446 g/mol. The SMILES string of the molecule is CC(=O)N1C[C@@H](C)Oc2ccc(S(=O)(=O)N[C@@H](CC(=O)O)c3cc(C)ccc3C)cc21. The number of sulfonamides is 1. The molecule has 1 aliphatic rings. The van der Waals surface area contributed by atoms with E-state index in [2.05, 4.69) is 4.72 Å². The van der Waals surface area contributed by atoms with Crippen LogP contribution in [0.5, 0.6) is 5.75 Å². The Balaban J connectivity index is 2.00. The fourth-order valence-corrected chi connectivity index (χ4v) is 4.90. The van der Waals surface area contributed by atoms with Crippen molar-refractivity contribution in [3.63, 3.8) is 0 Å². The minimum atomic E-state index is -4.09. The van der Waals surface area contributed by atoms with Gasteiger partial charge in [-0.25, -0.2) is 13.1 Å². The lowest BCUT2D eigenvalue weighted by atomic mass is 9.97. The number of hydrogen-bond donors (Lipinski definition) is 2. The number of hydrogen-bond acceptors (Lipinski definition) is 5. The van der Waals surface area contributed by atoms with E-state index in [9.17, 15) is 23.1 Å². The summed E-state index contributed by atoms with van der Waals surface area (Å²) < 4.78 is 34.6. The van der Waals surface area contributed by atoms with Crippen LogP contribution < -0.4 is 14.4 Å². The molecule has 0 saturated carbocycles. The number of aliphatic carboxylic acids is 1. The summed E-state index contributed by atoms with van der Waals surface area (Å²) in [6.07, 6.45) is -0.629. The fourth-order valence-electron chi connectivity index (χ4n) is 3.66. The molecule has 0 spiro atoms. The summed E-state index contributed by atoms with van der Waals surface area (Å²) in [5.74, 6) is -0.924. The van der Waals surface area contributed by atoms with E-state index in [1.165, 1.54) is 30.0 Å². The molecule has 3 rings (SSSR count). The number of benzene rings is 2. The number of carbonyl (C=O) groups is 2. The highest BCUT2D eigenvalue weighted by Crippen LogP contribution is 2.36. The highest BCUT2D eigenvalue weighted by Gasteiger charge is 2.30. The fraction of sp³-hybridized carbons (Fsp3) is 0.364. The summed E-state index contributed by atoms with van der Waals surface area (Å²) in [5, 5.41) is 9.36. The molecule has 0 aromatic heterocycles. The van der Waals surface area contributed by atoms with Gasteiger partial charge in [-0.1, -0.05) is 23.8 Å². The zero-order valence-electron chi connectivity index (χ0n) is 17.9. The number of amides is 1. The maximum absolute atomic E-state index is 13.2. The van der Waals surface area contributed by atoms with Crippen LogP contribution in [0.3, 0.4) is 0 Å². The van der Waals surface area contributed by atoms with Gasteiger partial charge < -0.3 is 14.7 Å². The highest BCUT2D eigenvalue weighted by molar-refractivity contribution is 7.89. The van der Waals surface area contributed by atoms with Crippen LogP contribution in [0, 0.1) is 13.8 Å². The molecule has 1 amide bonds. The maximum Gasteiger partial charge on any atom is 0.305 e. The Morgan fingerprint density at radius 3 is 2.58 bits per heavy atom. The van der Waals surface area contributed by atoms with Gasteiger partial charge in [-0.2, -0.15) is 0 Å². The van der Waals surface area contributed by atoms with E-state index in [-0.39, 0.29) is 16.9 Å². The molecule has 8 nitrogen and oxygen atoms in total. The molecule has 1 heterocycles. The Labute approximate surface area is 181 Å². The highest BCUT2D eigenvalue weighted by atomic mass is 32.2. The third kappa shape index (κ3) is 5.05. The molecule has 0 bridgehead atoms. The molecule has 1 aliphatic heterocycles. The quantitative estimate of drug-likeness (QED) is 0.705. The van der Waals surface area contributed by atoms with Gasteiger partial charge >= 0.3 is 5.97 Å². The first kappa shape index (κ1) is 22.8. The summed E-state index contributed by atoms with van der Waals surface area (Å²) in [6.45, 7) is 7.20. The molecule has 2 aromatic carbocycles. The number of ether oxygens (including phenoxy) is 1. The standard InChI is InChI=1S/C22H26N2O6S/c1-13-5-6-14(2)18(9-13)19(11-22(26)27)23-31(28,29)17-7-8-21-20(10-17)24(16(4)25)12-15(3)30-21/h5-10,15,19,23H,11-12H2,1-4H3,(H,26,27)/t15-,19+/m1/s1. The van der Waals surface area contributed by atoms with Gasteiger partial charge in [0.05, 0.1) is 29.6 Å². The van der Waals surface area contributed by atoms with E-state index in [0.29, 0.717) is 23.5 Å². The van der Waals surface area contributed by atoms with Gasteiger partial charge in [-0.05, 0) is 50.1 Å². The van der Waals surface area contributed by atoms with E-state index >= 15 is 0 Å². The van der Waals surface area contributed by atoms with Gasteiger partial charge in [0.15, 0.2) is 0 Å². The number of nitrogens with zero attached hydrogens (tertiary/aromatic N) is 1. The van der Waals surface area contributed by atoms with Gasteiger partial charge in [-0.15, -0.1) is 0 Å². The molecular formula is C22H26N2O6S. The smallest absolute Gasteiger partial charge is 0.305 e. The number of carboxylic acids is 1. The van der Waals surface area contributed by atoms with Crippen LogP contribution in [0.4, 0.5) is 5.69 Å². The predicted octanol–water partition coefficient (Wildman–Crippen LogP) is 2.93. The maximum atomic E-state index is 13.2. The Bertz CT molecular complexity index is 1130. The average molecular weight is 447 g/mol. The average Bonchev–Trinajstić information content (AvgIpc) is 2.67. The molecule has 2 atom stereocenters. The van der Waals surface area contributed by atoms with Crippen LogP contribution in [-0.2, 0) is 19.6 Å². The zero-order valence-corrected chi connectivity index (χ0v) is 18.7. The predicted molar refractivity (Wildman–Crippen MR) is 116 cm³/mol. The molecule has 31 heavy (non-hydrogen) atoms. The third-order valence-electron chi connectivity index (χ3n) is 5.17. The van der Waals surface area contributed by atoms with Crippen molar-refractivity contribution < 1.29 is 27.9 Å². The van der Waals surface area contributed by atoms with Crippen LogP contribution in [0.15, 0.2) is 41.3 Å². The number of anilines is 1. The molecule has 2 aromatic rings. The molecule has 0 saturated heterocycles. The lowest BCUT2D eigenvalue weighted by Crippen LogP contribution is -2.41. The van der Waals surface area contributed by atoms with Gasteiger partial charge in [0.2, 0.25) is 15.9 Å². The number of aryl methyl sites for hydroxylation is 2. The van der Waals surface area contributed by atoms with Gasteiger partial charge in [0, 0.05) is 6.92 Å². The Morgan fingerprint density at radius 2 is 1.94 bits per heavy atom. The van der Waals surface area contributed by atoms with Crippen LogP contribution in [0.1, 0.15) is 43.0 Å². The van der Waals surface area contributed by atoms with Crippen LogP contribution >= 0.6 is 0 Å². The minimum absolute atomic E-state index is 0.0728. The molecule has 166 valence electrons. The Morgan fingerprint density at radius 1 is 1.23 bits per heavy atom. The summed E-state index contributed by atoms with van der Waals surface area (Å²) in [7, 11) is -4.09. The number of carbonyl (C=O) groups excluding carboxylic acids is 1. The van der Waals surface area contributed by atoms with Gasteiger partial charge in [-0.3, -0.25) is 9.59 Å². The Hall–Kier alpha value is -2.91. The van der Waals surface area contributed by atoms with Crippen LogP contribution in [0.2, 0.25) is 0 Å². The van der Waals surface area contributed by atoms with E-state index in [4.69, 9.17) is 4.74 Å². The first-order chi connectivity index (χ1) is 14.5. The van der Waals surface area contributed by atoms with Gasteiger partial charge in [0.25, 0.3) is 0 Å². The van der Waals surface area contributed by atoms with E-state index in [0.717, 1.165) is 11.1 Å². The zero-order chi connectivity index (χ0) is 22.9. The van der Waals surface area contributed by atoms with E-state index in [1.807, 2.05) is 26.0 Å². The largest absolute Gasteiger partial charge is 0.487 e. The second-order valence-corrected chi connectivity index (χ2v) is 9.53. The van der Waals surface area contributed by atoms with Crippen molar-refractivity contribution in [3.05, 3.63) is 53.1 Å². The lowest BCUT2D eigenvalue weighted by Gasteiger charge is -2.33. The molecule has 0 aliphatic carbocycles. The van der Waals surface area contributed by atoms with Crippen LogP contribution in [-0.4, -0.2) is 38.0 Å². The second-order valence-electron chi connectivity index (χ2n) is 7.82. The van der Waals surface area contributed by atoms with Crippen molar-refractivity contribution in [1.82, 2.24) is 4.72 Å². The molecule has 9 heteroatoms. The molecule has 0 fully saturated rings. The summed E-state index contributed by atoms with van der Waals surface area (Å²) in [5.41, 5.74) is 2.66. The van der Waals surface area contributed by atoms with Crippen molar-refractivity contribution in [3.8, 4) is 5.75 Å². The third-order valence-corrected chi connectivity index (χ3v) is 6.64. The molecule has 0 unspecified atom stereocenters. The van der Waals surface area contributed by atoms with Crippen molar-refractivity contribution in [1.29, 1.82) is 0 Å². The van der Waals surface area contributed by atoms with Crippen molar-refractivity contribution in [2.75, 3.05) is 11.4 Å². The summed E-state index contributed by atoms with van der Waals surface area (Å²) in [4.78, 5) is 24.9. The molecule has 0 radical (unpaired) electrons. The van der Waals surface area contributed by atoms with Gasteiger partial charge in [0.1, 0.15) is 11.9 Å². The first-order valence-corrected chi connectivity index (χ1v) is 11.4. The summed E-state index contributed by atoms with van der Waals surface area (Å²) >= 11 is 0. The van der Waals surface area contributed by atoms with Crippen molar-refractivity contribution >= 4 is 27.6 Å². The Kier molecular flexibility index (Phi) is 6.38. The second kappa shape index (κ2) is 8.68. The normalized spacial score (nSPS) is 16.9. The van der Waals surface area contributed by atoms with Crippen molar-refractivity contribution in [2.45, 2.75) is 51.2 Å². The minimum Gasteiger partial charge on any atom is -0.487 e. The lowest BCUT2D eigenvalue weighted by molar-refractivity contribution is -0.137. The topological polar surface area (TPSA) is 113 Å². The van der Waals surface area contributed by atoms with Crippen molar-refractivity contribution in [2.24, 2.45) is 0 Å². The van der Waals surface area contributed by atoms with E-state index in [1.54, 1.807) is 13.0 Å². The van der Waals surface area contributed by atoms with Crippen LogP contribution in [0.25, 0.3) is 0 Å². The number of carboxylic acid groups (broad SMARTS) is 1. The first-order valence-electron chi connectivity index (χ1n) is 9.88. The number of nitrogens with one attached hydrogen (secondary N) is 1. The number of fused-ring (bicyclic) bond motifs is 1. The molecular weight excluding hydrogens is 420 g/mol.